The Bertz CT molecular complexity index is 913. The van der Waals surface area contributed by atoms with Gasteiger partial charge in [0, 0.05) is 17.7 Å². The Kier molecular flexibility index (Phi) is 2.91. The molecule has 1 heterocycles. The zero-order valence-corrected chi connectivity index (χ0v) is 10.6. The van der Waals surface area contributed by atoms with Gasteiger partial charge in [0.15, 0.2) is 11.2 Å². The molecule has 3 rings (SSSR count). The van der Waals surface area contributed by atoms with Crippen molar-refractivity contribution in [3.63, 3.8) is 0 Å². The zero-order chi connectivity index (χ0) is 15.0. The van der Waals surface area contributed by atoms with Gasteiger partial charge in [0.2, 0.25) is 0 Å². The highest BCUT2D eigenvalue weighted by atomic mass is 16.6. The Morgan fingerprint density at radius 3 is 2.57 bits per heavy atom. The number of phenolic OH excluding ortho intramolecular Hbond substituents is 1. The van der Waals surface area contributed by atoms with Crippen molar-refractivity contribution in [2.24, 2.45) is 0 Å². The first-order valence-electron chi connectivity index (χ1n) is 6.07. The highest BCUT2D eigenvalue weighted by molar-refractivity contribution is 5.78. The maximum Gasteiger partial charge on any atom is 0.310 e. The number of phenols is 1. The van der Waals surface area contributed by atoms with E-state index in [-0.39, 0.29) is 11.2 Å². The average molecular weight is 283 g/mol. The number of rotatable bonds is 2. The van der Waals surface area contributed by atoms with Crippen LogP contribution in [-0.2, 0) is 0 Å². The van der Waals surface area contributed by atoms with E-state index in [4.69, 9.17) is 4.42 Å². The molecule has 3 aromatic rings. The van der Waals surface area contributed by atoms with Gasteiger partial charge in [0.25, 0.3) is 0 Å². The van der Waals surface area contributed by atoms with Crippen LogP contribution in [0.4, 0.5) is 5.69 Å². The van der Waals surface area contributed by atoms with Crippen molar-refractivity contribution in [3.05, 3.63) is 68.9 Å². The quantitative estimate of drug-likeness (QED) is 0.576. The Morgan fingerprint density at radius 1 is 1.10 bits per heavy atom. The van der Waals surface area contributed by atoms with E-state index in [9.17, 15) is 20.0 Å². The molecule has 0 saturated carbocycles. The van der Waals surface area contributed by atoms with Gasteiger partial charge < -0.3 is 9.52 Å². The molecule has 0 amide bonds. The summed E-state index contributed by atoms with van der Waals surface area (Å²) >= 11 is 0. The van der Waals surface area contributed by atoms with Crippen molar-refractivity contribution in [1.29, 1.82) is 0 Å². The summed E-state index contributed by atoms with van der Waals surface area (Å²) in [5, 5.41) is 20.8. The van der Waals surface area contributed by atoms with Crippen molar-refractivity contribution in [1.82, 2.24) is 0 Å². The highest BCUT2D eigenvalue weighted by Gasteiger charge is 2.15. The van der Waals surface area contributed by atoms with Crippen LogP contribution in [0, 0.1) is 10.1 Å². The minimum atomic E-state index is -0.685. The molecular weight excluding hydrogens is 274 g/mol. The molecule has 104 valence electrons. The summed E-state index contributed by atoms with van der Waals surface area (Å²) in [5.74, 6) is -0.239. The molecule has 0 radical (unpaired) electrons. The van der Waals surface area contributed by atoms with E-state index in [1.807, 2.05) is 0 Å². The van der Waals surface area contributed by atoms with Crippen LogP contribution in [0.3, 0.4) is 0 Å². The standard InChI is InChI=1S/C15H9NO5/c17-12-8-15(21-14-4-2-1-3-10(12)14)9-5-6-11(16(19)20)13(18)7-9/h1-8,18H. The first-order valence-corrected chi connectivity index (χ1v) is 6.07. The van der Waals surface area contributed by atoms with Gasteiger partial charge in [0.1, 0.15) is 11.3 Å². The van der Waals surface area contributed by atoms with Gasteiger partial charge in [-0.1, -0.05) is 12.1 Å². The van der Waals surface area contributed by atoms with Crippen LogP contribution in [-0.4, -0.2) is 10.0 Å². The molecule has 0 aliphatic carbocycles. The minimum absolute atomic E-state index is 0.218. The van der Waals surface area contributed by atoms with E-state index >= 15 is 0 Å². The van der Waals surface area contributed by atoms with E-state index < -0.39 is 16.4 Å². The summed E-state index contributed by atoms with van der Waals surface area (Å²) < 4.78 is 5.60. The smallest absolute Gasteiger partial charge is 0.310 e. The average Bonchev–Trinajstić information content (AvgIpc) is 2.46. The minimum Gasteiger partial charge on any atom is -0.502 e. The summed E-state index contributed by atoms with van der Waals surface area (Å²) in [6, 6.07) is 11.9. The van der Waals surface area contributed by atoms with Crippen LogP contribution in [0.25, 0.3) is 22.3 Å². The van der Waals surface area contributed by atoms with Crippen LogP contribution in [0.2, 0.25) is 0 Å². The van der Waals surface area contributed by atoms with Crippen molar-refractivity contribution in [2.45, 2.75) is 0 Å². The second-order valence-electron chi connectivity index (χ2n) is 4.43. The van der Waals surface area contributed by atoms with Gasteiger partial charge in [-0.2, -0.15) is 0 Å². The lowest BCUT2D eigenvalue weighted by molar-refractivity contribution is -0.385. The van der Waals surface area contributed by atoms with Gasteiger partial charge >= 0.3 is 5.69 Å². The van der Waals surface area contributed by atoms with Gasteiger partial charge in [-0.3, -0.25) is 14.9 Å². The first-order chi connectivity index (χ1) is 10.1. The first kappa shape index (κ1) is 12.9. The predicted molar refractivity (Wildman–Crippen MR) is 76.2 cm³/mol. The Hall–Kier alpha value is -3.15. The molecule has 21 heavy (non-hydrogen) atoms. The summed E-state index contributed by atoms with van der Waals surface area (Å²) in [7, 11) is 0. The van der Waals surface area contributed by atoms with E-state index in [0.717, 1.165) is 0 Å². The molecule has 0 bridgehead atoms. The number of aromatic hydroxyl groups is 1. The number of nitro benzene ring substituents is 1. The Morgan fingerprint density at radius 2 is 1.86 bits per heavy atom. The summed E-state index contributed by atoms with van der Waals surface area (Å²) in [6.07, 6.45) is 0. The number of benzene rings is 2. The van der Waals surface area contributed by atoms with Crippen LogP contribution < -0.4 is 5.43 Å². The lowest BCUT2D eigenvalue weighted by atomic mass is 10.1. The second kappa shape index (κ2) is 4.75. The topological polar surface area (TPSA) is 93.6 Å². The molecule has 6 heteroatoms. The van der Waals surface area contributed by atoms with Crippen molar-refractivity contribution >= 4 is 16.7 Å². The summed E-state index contributed by atoms with van der Waals surface area (Å²) in [6.45, 7) is 0. The Balaban J connectivity index is 2.19. The molecule has 0 atom stereocenters. The third-order valence-corrected chi connectivity index (χ3v) is 3.09. The maximum absolute atomic E-state index is 12.0. The molecule has 2 aromatic carbocycles. The summed E-state index contributed by atoms with van der Waals surface area (Å²) in [5.41, 5.74) is 0.186. The van der Waals surface area contributed by atoms with Gasteiger partial charge in [-0.25, -0.2) is 0 Å². The normalized spacial score (nSPS) is 10.7. The zero-order valence-electron chi connectivity index (χ0n) is 10.6. The van der Waals surface area contributed by atoms with Crippen LogP contribution >= 0.6 is 0 Å². The molecule has 0 aliphatic rings. The van der Waals surface area contributed by atoms with Crippen LogP contribution in [0.15, 0.2) is 57.7 Å². The van der Waals surface area contributed by atoms with Gasteiger partial charge in [-0.05, 0) is 24.3 Å². The number of nitro groups is 1. The fraction of sp³-hybridized carbons (Fsp3) is 0. The van der Waals surface area contributed by atoms with Crippen molar-refractivity contribution < 1.29 is 14.4 Å². The van der Waals surface area contributed by atoms with E-state index in [2.05, 4.69) is 0 Å². The molecule has 0 unspecified atom stereocenters. The van der Waals surface area contributed by atoms with Gasteiger partial charge in [-0.15, -0.1) is 0 Å². The number of hydrogen-bond acceptors (Lipinski definition) is 5. The monoisotopic (exact) mass is 283 g/mol. The summed E-state index contributed by atoms with van der Waals surface area (Å²) in [4.78, 5) is 22.0. The van der Waals surface area contributed by atoms with E-state index in [0.29, 0.717) is 16.5 Å². The maximum atomic E-state index is 12.0. The van der Waals surface area contributed by atoms with E-state index in [1.54, 1.807) is 24.3 Å². The second-order valence-corrected chi connectivity index (χ2v) is 4.43. The van der Waals surface area contributed by atoms with Crippen LogP contribution in [0.1, 0.15) is 0 Å². The molecule has 0 spiro atoms. The number of para-hydroxylation sites is 1. The number of hydrogen-bond donors (Lipinski definition) is 1. The van der Waals surface area contributed by atoms with Crippen LogP contribution in [0.5, 0.6) is 5.75 Å². The SMILES string of the molecule is O=c1cc(-c2ccc([N+](=O)[O-])c(O)c2)oc2ccccc12. The molecule has 1 N–H and O–H groups in total. The lowest BCUT2D eigenvalue weighted by Gasteiger charge is -2.04. The molecule has 1 aromatic heterocycles. The molecule has 0 saturated heterocycles. The molecule has 0 fully saturated rings. The van der Waals surface area contributed by atoms with Crippen molar-refractivity contribution in [2.75, 3.05) is 0 Å². The Labute approximate surface area is 118 Å². The van der Waals surface area contributed by atoms with Gasteiger partial charge in [0.05, 0.1) is 10.3 Å². The molecule has 0 aliphatic heterocycles. The third kappa shape index (κ3) is 2.23. The van der Waals surface area contributed by atoms with E-state index in [1.165, 1.54) is 24.3 Å². The number of fused-ring (bicyclic) bond motifs is 1. The largest absolute Gasteiger partial charge is 0.502 e. The van der Waals surface area contributed by atoms with Crippen molar-refractivity contribution in [3.8, 4) is 17.1 Å². The highest BCUT2D eigenvalue weighted by Crippen LogP contribution is 2.31. The molecule has 6 nitrogen and oxygen atoms in total. The third-order valence-electron chi connectivity index (χ3n) is 3.09. The number of nitrogens with zero attached hydrogens (tertiary/aromatic N) is 1. The fourth-order valence-electron chi connectivity index (χ4n) is 2.08. The lowest BCUT2D eigenvalue weighted by Crippen LogP contribution is -2.00. The molecular formula is C15H9NO5. The fourth-order valence-corrected chi connectivity index (χ4v) is 2.08. The predicted octanol–water partition coefficient (Wildman–Crippen LogP) is 3.07.